The largest absolute Gasteiger partial charge is 0.319 e. The molecule has 0 bridgehead atoms. The molecule has 2 aromatic rings. The first-order valence-corrected chi connectivity index (χ1v) is 6.81. The maximum Gasteiger partial charge on any atom is 0.117 e. The van der Waals surface area contributed by atoms with Gasteiger partial charge in [-0.15, -0.1) is 11.3 Å². The van der Waals surface area contributed by atoms with Gasteiger partial charge in [0.25, 0.3) is 0 Å². The molecule has 5 heteroatoms. The molecule has 0 spiro atoms. The van der Waals surface area contributed by atoms with E-state index in [1.807, 2.05) is 24.8 Å². The van der Waals surface area contributed by atoms with Crippen molar-refractivity contribution in [3.63, 3.8) is 0 Å². The van der Waals surface area contributed by atoms with Gasteiger partial charge in [-0.2, -0.15) is 5.10 Å². The number of hydrogen-bond donors (Lipinski definition) is 1. The Balaban J connectivity index is 2.35. The van der Waals surface area contributed by atoms with E-state index in [0.29, 0.717) is 0 Å². The maximum atomic E-state index is 4.56. The molecule has 86 valence electrons. The van der Waals surface area contributed by atoms with E-state index in [1.165, 1.54) is 10.6 Å². The first kappa shape index (κ1) is 11.8. The molecule has 0 saturated carbocycles. The molecular weight excluding hydrogens is 286 g/mol. The van der Waals surface area contributed by atoms with Crippen molar-refractivity contribution in [1.82, 2.24) is 15.1 Å². The van der Waals surface area contributed by atoms with Crippen LogP contribution in [0.15, 0.2) is 22.0 Å². The van der Waals surface area contributed by atoms with Gasteiger partial charge in [0, 0.05) is 20.0 Å². The normalized spacial score (nSPS) is 10.9. The zero-order valence-corrected chi connectivity index (χ0v) is 11.7. The Morgan fingerprint density at radius 3 is 3.00 bits per heavy atom. The minimum atomic E-state index is 0.960. The van der Waals surface area contributed by atoms with Gasteiger partial charge in [-0.3, -0.25) is 4.68 Å². The summed E-state index contributed by atoms with van der Waals surface area (Å²) < 4.78 is 3.07. The van der Waals surface area contributed by atoms with Crippen LogP contribution in [0.1, 0.15) is 5.69 Å². The Morgan fingerprint density at radius 2 is 2.38 bits per heavy atom. The lowest BCUT2D eigenvalue weighted by atomic mass is 10.2. The van der Waals surface area contributed by atoms with Crippen molar-refractivity contribution in [3.8, 4) is 10.6 Å². The summed E-state index contributed by atoms with van der Waals surface area (Å²) in [7, 11) is 3.96. The third kappa shape index (κ3) is 2.21. The van der Waals surface area contributed by atoms with Gasteiger partial charge < -0.3 is 5.32 Å². The van der Waals surface area contributed by atoms with E-state index in [9.17, 15) is 0 Å². The molecule has 0 aliphatic carbocycles. The van der Waals surface area contributed by atoms with Crippen molar-refractivity contribution in [2.45, 2.75) is 6.42 Å². The monoisotopic (exact) mass is 299 g/mol. The molecule has 16 heavy (non-hydrogen) atoms. The molecule has 2 aromatic heterocycles. The molecule has 3 nitrogen and oxygen atoms in total. The Morgan fingerprint density at radius 1 is 1.56 bits per heavy atom. The van der Waals surface area contributed by atoms with Crippen molar-refractivity contribution < 1.29 is 0 Å². The van der Waals surface area contributed by atoms with E-state index < -0.39 is 0 Å². The van der Waals surface area contributed by atoms with E-state index in [-0.39, 0.29) is 0 Å². The zero-order valence-electron chi connectivity index (χ0n) is 9.33. The van der Waals surface area contributed by atoms with E-state index in [4.69, 9.17) is 0 Å². The number of hydrogen-bond acceptors (Lipinski definition) is 3. The second kappa shape index (κ2) is 5.12. The van der Waals surface area contributed by atoms with Crippen LogP contribution in [0.3, 0.4) is 0 Å². The van der Waals surface area contributed by atoms with Crippen molar-refractivity contribution in [2.75, 3.05) is 13.6 Å². The molecule has 2 heterocycles. The fourth-order valence-corrected chi connectivity index (χ4v) is 3.21. The molecule has 0 aliphatic heterocycles. The summed E-state index contributed by atoms with van der Waals surface area (Å²) in [6, 6.07) is 4.15. The van der Waals surface area contributed by atoms with E-state index >= 15 is 0 Å². The predicted octanol–water partition coefficient (Wildman–Crippen LogP) is 2.67. The Kier molecular flexibility index (Phi) is 3.78. The van der Waals surface area contributed by atoms with Gasteiger partial charge in [0.1, 0.15) is 5.69 Å². The molecule has 0 aliphatic rings. The summed E-state index contributed by atoms with van der Waals surface area (Å²) in [5, 5.41) is 9.79. The Bertz CT molecular complexity index is 462. The third-order valence-electron chi connectivity index (χ3n) is 2.47. The zero-order chi connectivity index (χ0) is 11.5. The predicted molar refractivity (Wildman–Crippen MR) is 71.9 cm³/mol. The van der Waals surface area contributed by atoms with Crippen LogP contribution in [0.2, 0.25) is 0 Å². The van der Waals surface area contributed by atoms with Gasteiger partial charge in [-0.05, 0) is 34.4 Å². The second-order valence-electron chi connectivity index (χ2n) is 3.56. The topological polar surface area (TPSA) is 29.9 Å². The number of aryl methyl sites for hydroxylation is 1. The standard InChI is InChI=1S/C11H14BrN3S/c1-13-6-5-8-10(12)11(14-15(8)2)9-4-3-7-16-9/h3-4,7,13H,5-6H2,1-2H3. The SMILES string of the molecule is CNCCc1c(Br)c(-c2cccs2)nn1C. The fourth-order valence-electron chi connectivity index (χ4n) is 1.62. The highest BCUT2D eigenvalue weighted by Crippen LogP contribution is 2.32. The number of likely N-dealkylation sites (N-methyl/N-ethyl adjacent to an activating group) is 1. The summed E-state index contributed by atoms with van der Waals surface area (Å²) in [6.07, 6.45) is 0.978. The van der Waals surface area contributed by atoms with E-state index in [2.05, 4.69) is 37.8 Å². The van der Waals surface area contributed by atoms with Crippen LogP contribution in [-0.4, -0.2) is 23.4 Å². The van der Waals surface area contributed by atoms with Crippen LogP contribution in [-0.2, 0) is 13.5 Å². The second-order valence-corrected chi connectivity index (χ2v) is 5.30. The summed E-state index contributed by atoms with van der Waals surface area (Å²) in [4.78, 5) is 1.21. The first-order chi connectivity index (χ1) is 7.74. The van der Waals surface area contributed by atoms with Gasteiger partial charge in [-0.25, -0.2) is 0 Å². The molecular formula is C11H14BrN3S. The third-order valence-corrected chi connectivity index (χ3v) is 4.18. The lowest BCUT2D eigenvalue weighted by Crippen LogP contribution is -2.12. The summed E-state index contributed by atoms with van der Waals surface area (Å²) in [5.41, 5.74) is 2.28. The van der Waals surface area contributed by atoms with Crippen molar-refractivity contribution in [3.05, 3.63) is 27.7 Å². The number of thiophene rings is 1. The minimum Gasteiger partial charge on any atom is -0.319 e. The maximum absolute atomic E-state index is 4.56. The number of rotatable bonds is 4. The molecule has 0 saturated heterocycles. The summed E-state index contributed by atoms with van der Waals surface area (Å²) in [5.74, 6) is 0. The molecule has 0 fully saturated rings. The van der Waals surface area contributed by atoms with Crippen LogP contribution in [0.4, 0.5) is 0 Å². The smallest absolute Gasteiger partial charge is 0.117 e. The molecule has 0 aromatic carbocycles. The number of halogens is 1. The van der Waals surface area contributed by atoms with Crippen LogP contribution in [0, 0.1) is 0 Å². The van der Waals surface area contributed by atoms with Gasteiger partial charge >= 0.3 is 0 Å². The van der Waals surface area contributed by atoms with Crippen LogP contribution in [0.5, 0.6) is 0 Å². The van der Waals surface area contributed by atoms with Crippen LogP contribution in [0.25, 0.3) is 10.6 Å². The lowest BCUT2D eigenvalue weighted by molar-refractivity contribution is 0.681. The molecule has 0 atom stereocenters. The summed E-state index contributed by atoms with van der Waals surface area (Å²) >= 11 is 5.36. The average molecular weight is 300 g/mol. The molecule has 0 amide bonds. The van der Waals surface area contributed by atoms with Crippen molar-refractivity contribution in [1.29, 1.82) is 0 Å². The highest BCUT2D eigenvalue weighted by molar-refractivity contribution is 9.10. The Hall–Kier alpha value is -0.650. The Labute approximate surface area is 108 Å². The first-order valence-electron chi connectivity index (χ1n) is 5.14. The van der Waals surface area contributed by atoms with Gasteiger partial charge in [0.2, 0.25) is 0 Å². The molecule has 0 unspecified atom stereocenters. The van der Waals surface area contributed by atoms with Crippen molar-refractivity contribution in [2.24, 2.45) is 7.05 Å². The fraction of sp³-hybridized carbons (Fsp3) is 0.364. The number of aromatic nitrogens is 2. The number of nitrogens with one attached hydrogen (secondary N) is 1. The highest BCUT2D eigenvalue weighted by Gasteiger charge is 2.15. The van der Waals surface area contributed by atoms with Crippen molar-refractivity contribution >= 4 is 27.3 Å². The number of nitrogens with zero attached hydrogens (tertiary/aromatic N) is 2. The molecule has 0 radical (unpaired) electrons. The van der Waals surface area contributed by atoms with Crippen LogP contribution >= 0.6 is 27.3 Å². The van der Waals surface area contributed by atoms with Gasteiger partial charge in [-0.1, -0.05) is 6.07 Å². The minimum absolute atomic E-state index is 0.960. The quantitative estimate of drug-likeness (QED) is 0.941. The van der Waals surface area contributed by atoms with Gasteiger partial charge in [0.15, 0.2) is 0 Å². The van der Waals surface area contributed by atoms with E-state index in [0.717, 1.165) is 23.1 Å². The van der Waals surface area contributed by atoms with Gasteiger partial charge in [0.05, 0.1) is 15.0 Å². The average Bonchev–Trinajstić information content (AvgIpc) is 2.86. The molecule has 2 rings (SSSR count). The lowest BCUT2D eigenvalue weighted by Gasteiger charge is -2.01. The molecule has 1 N–H and O–H groups in total. The van der Waals surface area contributed by atoms with E-state index in [1.54, 1.807) is 11.3 Å². The summed E-state index contributed by atoms with van der Waals surface area (Å²) in [6.45, 7) is 0.960. The van der Waals surface area contributed by atoms with Crippen LogP contribution < -0.4 is 5.32 Å². The highest BCUT2D eigenvalue weighted by atomic mass is 79.9.